The Morgan fingerprint density at radius 1 is 1.06 bits per heavy atom. The smallest absolute Gasteiger partial charge is 0.243 e. The minimum absolute atomic E-state index is 0.0403. The van der Waals surface area contributed by atoms with Crippen LogP contribution in [0.15, 0.2) is 41.3 Å². The Kier molecular flexibility index (Phi) is 6.12. The molecular weight excluding hydrogens is 422 g/mol. The third kappa shape index (κ3) is 4.50. The van der Waals surface area contributed by atoms with E-state index < -0.39 is 21.7 Å². The maximum absolute atomic E-state index is 13.9. The third-order valence-electron chi connectivity index (χ3n) is 6.31. The van der Waals surface area contributed by atoms with Gasteiger partial charge in [0.05, 0.1) is 4.90 Å². The van der Waals surface area contributed by atoms with E-state index in [-0.39, 0.29) is 37.0 Å². The number of carbonyl (C=O) groups excluding carboxylic acids is 1. The van der Waals surface area contributed by atoms with Crippen molar-refractivity contribution in [1.29, 1.82) is 0 Å². The minimum atomic E-state index is -3.59. The number of hydrogen-bond donors (Lipinski definition) is 0. The van der Waals surface area contributed by atoms with Crippen molar-refractivity contribution in [3.05, 3.63) is 64.7 Å². The SMILES string of the molecule is CN(Cc1ccc(F)cc1F)C(=O)C1CCN(S(=O)(=O)c2ccc3c(c2)CCC3)CC1. The normalized spacial score (nSPS) is 17.5. The fourth-order valence-electron chi connectivity index (χ4n) is 4.50. The maximum Gasteiger partial charge on any atom is 0.243 e. The van der Waals surface area contributed by atoms with Gasteiger partial charge in [0.25, 0.3) is 0 Å². The summed E-state index contributed by atoms with van der Waals surface area (Å²) in [5, 5.41) is 0. The number of amides is 1. The molecular formula is C23H26F2N2O3S. The Labute approximate surface area is 181 Å². The molecule has 1 fully saturated rings. The molecule has 1 aliphatic carbocycles. The zero-order valence-corrected chi connectivity index (χ0v) is 18.3. The molecule has 2 aromatic rings. The average molecular weight is 449 g/mol. The number of nitrogens with zero attached hydrogens (tertiary/aromatic N) is 2. The second kappa shape index (κ2) is 8.67. The molecule has 0 N–H and O–H groups in total. The lowest BCUT2D eigenvalue weighted by Crippen LogP contribution is -2.43. The van der Waals surface area contributed by atoms with Crippen LogP contribution in [-0.2, 0) is 34.2 Å². The van der Waals surface area contributed by atoms with E-state index in [1.165, 1.54) is 26.9 Å². The summed E-state index contributed by atoms with van der Waals surface area (Å²) in [7, 11) is -2.01. The van der Waals surface area contributed by atoms with Crippen molar-refractivity contribution in [2.45, 2.75) is 43.5 Å². The molecule has 31 heavy (non-hydrogen) atoms. The van der Waals surface area contributed by atoms with Gasteiger partial charge in [-0.3, -0.25) is 4.79 Å². The van der Waals surface area contributed by atoms with Crippen molar-refractivity contribution >= 4 is 15.9 Å². The van der Waals surface area contributed by atoms with Crippen LogP contribution in [0.25, 0.3) is 0 Å². The molecule has 1 heterocycles. The number of fused-ring (bicyclic) bond motifs is 1. The van der Waals surface area contributed by atoms with E-state index in [1.807, 2.05) is 6.07 Å². The van der Waals surface area contributed by atoms with E-state index >= 15 is 0 Å². The standard InChI is InChI=1S/C23H26F2N2O3S/c1-26(15-19-5-7-20(24)14-22(19)25)23(28)17-9-11-27(12-10-17)31(29,30)21-8-6-16-3-2-4-18(16)13-21/h5-8,13-14,17H,2-4,9-12,15H2,1H3. The third-order valence-corrected chi connectivity index (χ3v) is 8.20. The number of carbonyl (C=O) groups is 1. The molecule has 1 amide bonds. The predicted octanol–water partition coefficient (Wildman–Crippen LogP) is 3.51. The molecule has 0 unspecified atom stereocenters. The average Bonchev–Trinajstić information content (AvgIpc) is 3.23. The molecule has 5 nitrogen and oxygen atoms in total. The number of hydrogen-bond acceptors (Lipinski definition) is 3. The van der Waals surface area contributed by atoms with Gasteiger partial charge in [0.2, 0.25) is 15.9 Å². The second-order valence-corrected chi connectivity index (χ2v) is 10.3. The Bertz CT molecular complexity index is 1100. The number of benzene rings is 2. The molecule has 1 saturated heterocycles. The van der Waals surface area contributed by atoms with Crippen LogP contribution in [0.3, 0.4) is 0 Å². The summed E-state index contributed by atoms with van der Waals surface area (Å²) in [6.07, 6.45) is 3.80. The van der Waals surface area contributed by atoms with Crippen molar-refractivity contribution in [3.8, 4) is 0 Å². The maximum atomic E-state index is 13.9. The monoisotopic (exact) mass is 448 g/mol. The summed E-state index contributed by atoms with van der Waals surface area (Å²) in [4.78, 5) is 14.5. The summed E-state index contributed by atoms with van der Waals surface area (Å²) in [5.41, 5.74) is 2.58. The lowest BCUT2D eigenvalue weighted by molar-refractivity contribution is -0.136. The number of rotatable bonds is 5. The Morgan fingerprint density at radius 2 is 1.77 bits per heavy atom. The molecule has 0 spiro atoms. The first-order chi connectivity index (χ1) is 14.8. The molecule has 1 aliphatic heterocycles. The van der Waals surface area contributed by atoms with E-state index in [2.05, 4.69) is 0 Å². The molecule has 0 bridgehead atoms. The summed E-state index contributed by atoms with van der Waals surface area (Å²) in [6, 6.07) is 8.69. The van der Waals surface area contributed by atoms with Crippen LogP contribution in [0.5, 0.6) is 0 Å². The van der Waals surface area contributed by atoms with Gasteiger partial charge in [0.1, 0.15) is 11.6 Å². The molecule has 0 aromatic heterocycles. The molecule has 2 aromatic carbocycles. The van der Waals surface area contributed by atoms with Gasteiger partial charge in [0, 0.05) is 44.2 Å². The van der Waals surface area contributed by atoms with Gasteiger partial charge in [-0.1, -0.05) is 12.1 Å². The Hall–Kier alpha value is -2.32. The van der Waals surface area contributed by atoms with Crippen LogP contribution >= 0.6 is 0 Å². The van der Waals surface area contributed by atoms with Crippen LogP contribution in [0.1, 0.15) is 36.0 Å². The Morgan fingerprint density at radius 3 is 2.48 bits per heavy atom. The quantitative estimate of drug-likeness (QED) is 0.703. The molecule has 0 radical (unpaired) electrons. The second-order valence-electron chi connectivity index (χ2n) is 8.39. The van der Waals surface area contributed by atoms with Gasteiger partial charge in [-0.05, 0) is 61.4 Å². The fraction of sp³-hybridized carbons (Fsp3) is 0.435. The predicted molar refractivity (Wildman–Crippen MR) is 113 cm³/mol. The summed E-state index contributed by atoms with van der Waals surface area (Å²) < 4.78 is 54.5. The van der Waals surface area contributed by atoms with E-state index in [0.29, 0.717) is 17.7 Å². The molecule has 2 aliphatic rings. The van der Waals surface area contributed by atoms with Crippen LogP contribution in [0, 0.1) is 17.6 Å². The number of aryl methyl sites for hydroxylation is 2. The van der Waals surface area contributed by atoms with Crippen LogP contribution in [-0.4, -0.2) is 43.7 Å². The van der Waals surface area contributed by atoms with Crippen molar-refractivity contribution in [2.24, 2.45) is 5.92 Å². The first kappa shape index (κ1) is 21.9. The van der Waals surface area contributed by atoms with Gasteiger partial charge in [-0.15, -0.1) is 0 Å². The molecule has 0 saturated carbocycles. The lowest BCUT2D eigenvalue weighted by atomic mass is 9.96. The zero-order valence-electron chi connectivity index (χ0n) is 17.5. The van der Waals surface area contributed by atoms with Crippen molar-refractivity contribution < 1.29 is 22.0 Å². The van der Waals surface area contributed by atoms with Crippen LogP contribution in [0.4, 0.5) is 8.78 Å². The summed E-state index contributed by atoms with van der Waals surface area (Å²) in [5.74, 6) is -1.82. The topological polar surface area (TPSA) is 57.7 Å². The van der Waals surface area contributed by atoms with Gasteiger partial charge in [-0.25, -0.2) is 17.2 Å². The largest absolute Gasteiger partial charge is 0.341 e. The van der Waals surface area contributed by atoms with E-state index in [9.17, 15) is 22.0 Å². The van der Waals surface area contributed by atoms with Gasteiger partial charge in [0.15, 0.2) is 0 Å². The highest BCUT2D eigenvalue weighted by atomic mass is 32.2. The van der Waals surface area contributed by atoms with E-state index in [0.717, 1.165) is 30.9 Å². The van der Waals surface area contributed by atoms with Crippen LogP contribution in [0.2, 0.25) is 0 Å². The minimum Gasteiger partial charge on any atom is -0.341 e. The van der Waals surface area contributed by atoms with Gasteiger partial charge < -0.3 is 4.90 Å². The highest BCUT2D eigenvalue weighted by molar-refractivity contribution is 7.89. The highest BCUT2D eigenvalue weighted by Gasteiger charge is 2.33. The molecule has 0 atom stereocenters. The van der Waals surface area contributed by atoms with Crippen molar-refractivity contribution in [3.63, 3.8) is 0 Å². The van der Waals surface area contributed by atoms with Crippen LogP contribution < -0.4 is 0 Å². The van der Waals surface area contributed by atoms with Crippen molar-refractivity contribution in [2.75, 3.05) is 20.1 Å². The highest BCUT2D eigenvalue weighted by Crippen LogP contribution is 2.29. The molecule has 8 heteroatoms. The van der Waals surface area contributed by atoms with E-state index in [1.54, 1.807) is 19.2 Å². The Balaban J connectivity index is 1.38. The van der Waals surface area contributed by atoms with Gasteiger partial charge >= 0.3 is 0 Å². The van der Waals surface area contributed by atoms with E-state index in [4.69, 9.17) is 0 Å². The van der Waals surface area contributed by atoms with Crippen molar-refractivity contribution in [1.82, 2.24) is 9.21 Å². The first-order valence-corrected chi connectivity index (χ1v) is 12.0. The number of sulfonamides is 1. The first-order valence-electron chi connectivity index (χ1n) is 10.6. The fourth-order valence-corrected chi connectivity index (χ4v) is 6.02. The number of piperidine rings is 1. The molecule has 4 rings (SSSR count). The molecule has 166 valence electrons. The lowest BCUT2D eigenvalue weighted by Gasteiger charge is -2.32. The summed E-state index contributed by atoms with van der Waals surface area (Å²) >= 11 is 0. The zero-order chi connectivity index (χ0) is 22.2. The number of halogens is 2. The van der Waals surface area contributed by atoms with Gasteiger partial charge in [-0.2, -0.15) is 4.31 Å². The summed E-state index contributed by atoms with van der Waals surface area (Å²) in [6.45, 7) is 0.585.